The van der Waals surface area contributed by atoms with Crippen LogP contribution in [0.3, 0.4) is 0 Å². The van der Waals surface area contributed by atoms with Crippen molar-refractivity contribution in [3.05, 3.63) is 69.8 Å². The number of aryl methyl sites for hydroxylation is 6. The van der Waals surface area contributed by atoms with Crippen molar-refractivity contribution in [1.29, 1.82) is 0 Å². The zero-order chi connectivity index (χ0) is 13.7. The SMILES string of the molecule is Cc1cc(C)cc(C)c1.Cc1cc(C)cc(C)c1.[I-].[I-].[V+2]. The summed E-state index contributed by atoms with van der Waals surface area (Å²) < 4.78 is 0. The van der Waals surface area contributed by atoms with Gasteiger partial charge in [-0.1, -0.05) is 69.8 Å². The minimum atomic E-state index is 0. The Balaban J connectivity index is -0.000000270. The fourth-order valence-electron chi connectivity index (χ4n) is 2.40. The van der Waals surface area contributed by atoms with E-state index in [1.165, 1.54) is 33.4 Å². The van der Waals surface area contributed by atoms with Crippen LogP contribution in [0.5, 0.6) is 0 Å². The van der Waals surface area contributed by atoms with Crippen LogP contribution in [-0.2, 0) is 18.6 Å². The Bertz CT molecular complexity index is 386. The summed E-state index contributed by atoms with van der Waals surface area (Å²) in [6, 6.07) is 13.1. The first kappa shape index (κ1) is 26.4. The summed E-state index contributed by atoms with van der Waals surface area (Å²) in [5.41, 5.74) is 8.13. The van der Waals surface area contributed by atoms with Crippen molar-refractivity contribution in [1.82, 2.24) is 0 Å². The van der Waals surface area contributed by atoms with Gasteiger partial charge in [0.05, 0.1) is 0 Å². The molecule has 0 saturated heterocycles. The third-order valence-corrected chi connectivity index (χ3v) is 2.73. The molecular weight excluding hydrogens is 521 g/mol. The van der Waals surface area contributed by atoms with Crippen LogP contribution >= 0.6 is 0 Å². The zero-order valence-corrected chi connectivity index (χ0v) is 19.4. The number of rotatable bonds is 0. The molecule has 0 N–H and O–H groups in total. The monoisotopic (exact) mass is 545 g/mol. The van der Waals surface area contributed by atoms with Crippen molar-refractivity contribution in [3.63, 3.8) is 0 Å². The first-order valence-electron chi connectivity index (χ1n) is 6.46. The van der Waals surface area contributed by atoms with Gasteiger partial charge in [0, 0.05) is 0 Å². The van der Waals surface area contributed by atoms with E-state index in [0.717, 1.165) is 0 Å². The quantitative estimate of drug-likeness (QED) is 0.382. The van der Waals surface area contributed by atoms with E-state index < -0.39 is 0 Å². The molecule has 2 aromatic rings. The van der Waals surface area contributed by atoms with Crippen LogP contribution < -0.4 is 48.0 Å². The van der Waals surface area contributed by atoms with Crippen molar-refractivity contribution in [2.45, 2.75) is 41.5 Å². The van der Waals surface area contributed by atoms with E-state index in [9.17, 15) is 0 Å². The Labute approximate surface area is 176 Å². The molecule has 0 heterocycles. The van der Waals surface area contributed by atoms with Gasteiger partial charge in [-0.3, -0.25) is 0 Å². The summed E-state index contributed by atoms with van der Waals surface area (Å²) in [6.45, 7) is 12.8. The standard InChI is InChI=1S/2C9H12.2HI.V/c2*1-7-4-8(2)6-9(3)5-7;;;/h2*4-6H,1-3H3;2*1H;/q;;;;+2/p-2. The van der Waals surface area contributed by atoms with E-state index >= 15 is 0 Å². The molecule has 0 unspecified atom stereocenters. The average Bonchev–Trinajstić information content (AvgIpc) is 2.12. The van der Waals surface area contributed by atoms with Gasteiger partial charge in [0.1, 0.15) is 0 Å². The van der Waals surface area contributed by atoms with E-state index in [2.05, 4.69) is 77.9 Å². The van der Waals surface area contributed by atoms with E-state index in [-0.39, 0.29) is 66.5 Å². The molecule has 0 aliphatic heterocycles. The largest absolute Gasteiger partial charge is 2.00 e. The Morgan fingerprint density at radius 1 is 0.381 bits per heavy atom. The number of hydrogen-bond donors (Lipinski definition) is 0. The topological polar surface area (TPSA) is 0 Å². The first-order chi connectivity index (χ1) is 8.36. The first-order valence-corrected chi connectivity index (χ1v) is 6.46. The second-order valence-corrected chi connectivity index (χ2v) is 5.33. The summed E-state index contributed by atoms with van der Waals surface area (Å²) >= 11 is 0. The van der Waals surface area contributed by atoms with Gasteiger partial charge in [0.25, 0.3) is 0 Å². The van der Waals surface area contributed by atoms with Gasteiger partial charge in [-0.2, -0.15) is 0 Å². The van der Waals surface area contributed by atoms with Gasteiger partial charge >= 0.3 is 18.6 Å². The van der Waals surface area contributed by atoms with Gasteiger partial charge in [0.2, 0.25) is 0 Å². The van der Waals surface area contributed by atoms with Crippen molar-refractivity contribution in [2.24, 2.45) is 0 Å². The fourth-order valence-corrected chi connectivity index (χ4v) is 2.40. The molecule has 115 valence electrons. The van der Waals surface area contributed by atoms with E-state index in [0.29, 0.717) is 0 Å². The molecule has 2 aromatic carbocycles. The molecule has 0 bridgehead atoms. The number of halogens is 2. The molecule has 0 fully saturated rings. The van der Waals surface area contributed by atoms with E-state index in [1.807, 2.05) is 0 Å². The van der Waals surface area contributed by atoms with Gasteiger partial charge in [-0.25, -0.2) is 0 Å². The number of hydrogen-bond acceptors (Lipinski definition) is 0. The average molecular weight is 545 g/mol. The van der Waals surface area contributed by atoms with Crippen LogP contribution in [0.25, 0.3) is 0 Å². The molecule has 0 aliphatic rings. The zero-order valence-electron chi connectivity index (χ0n) is 13.7. The van der Waals surface area contributed by atoms with Gasteiger partial charge in [-0.15, -0.1) is 0 Å². The maximum atomic E-state index is 2.19. The maximum absolute atomic E-state index is 2.19. The number of benzene rings is 2. The summed E-state index contributed by atoms with van der Waals surface area (Å²) in [4.78, 5) is 0. The van der Waals surface area contributed by atoms with E-state index in [1.54, 1.807) is 0 Å². The molecule has 0 nitrogen and oxygen atoms in total. The fraction of sp³-hybridized carbons (Fsp3) is 0.333. The molecule has 21 heavy (non-hydrogen) atoms. The van der Waals surface area contributed by atoms with Crippen molar-refractivity contribution in [2.75, 3.05) is 0 Å². The molecule has 2 rings (SSSR count). The second-order valence-electron chi connectivity index (χ2n) is 5.33. The van der Waals surface area contributed by atoms with Crippen molar-refractivity contribution in [3.8, 4) is 0 Å². The molecule has 0 saturated carbocycles. The Morgan fingerprint density at radius 3 is 0.571 bits per heavy atom. The predicted molar refractivity (Wildman–Crippen MR) is 81.3 cm³/mol. The summed E-state index contributed by atoms with van der Waals surface area (Å²) in [7, 11) is 0. The van der Waals surface area contributed by atoms with Crippen LogP contribution in [0.4, 0.5) is 0 Å². The van der Waals surface area contributed by atoms with Gasteiger partial charge in [-0.05, 0) is 41.5 Å². The van der Waals surface area contributed by atoms with Gasteiger partial charge < -0.3 is 48.0 Å². The van der Waals surface area contributed by atoms with E-state index in [4.69, 9.17) is 0 Å². The predicted octanol–water partition coefficient (Wildman–Crippen LogP) is -0.771. The minimum absolute atomic E-state index is 0. The van der Waals surface area contributed by atoms with Crippen LogP contribution in [-0.4, -0.2) is 0 Å². The second kappa shape index (κ2) is 13.0. The molecule has 3 heteroatoms. The molecule has 0 aliphatic carbocycles. The summed E-state index contributed by atoms with van der Waals surface area (Å²) in [5, 5.41) is 0. The molecule has 0 amide bonds. The van der Waals surface area contributed by atoms with Crippen molar-refractivity contribution >= 4 is 0 Å². The maximum Gasteiger partial charge on any atom is 2.00 e. The van der Waals surface area contributed by atoms with Crippen LogP contribution in [0.15, 0.2) is 36.4 Å². The normalized spacial score (nSPS) is 8.29. The summed E-state index contributed by atoms with van der Waals surface area (Å²) in [5.74, 6) is 0. The molecule has 1 radical (unpaired) electrons. The smallest absolute Gasteiger partial charge is 1.00 e. The third kappa shape index (κ3) is 11.7. The Kier molecular flexibility index (Phi) is 16.3. The molecule has 0 aromatic heterocycles. The van der Waals surface area contributed by atoms with Crippen LogP contribution in [0.2, 0.25) is 0 Å². The summed E-state index contributed by atoms with van der Waals surface area (Å²) in [6.07, 6.45) is 0. The van der Waals surface area contributed by atoms with Crippen LogP contribution in [0.1, 0.15) is 33.4 Å². The van der Waals surface area contributed by atoms with Crippen LogP contribution in [0, 0.1) is 41.5 Å². The third-order valence-electron chi connectivity index (χ3n) is 2.73. The Hall–Kier alpha value is 0.484. The molecule has 0 atom stereocenters. The minimum Gasteiger partial charge on any atom is -1.00 e. The van der Waals surface area contributed by atoms with Crippen molar-refractivity contribution < 1.29 is 66.5 Å². The molecule has 0 spiro atoms. The molecular formula is C18H24I2V. The Morgan fingerprint density at radius 2 is 0.476 bits per heavy atom. The van der Waals surface area contributed by atoms with Gasteiger partial charge in [0.15, 0.2) is 0 Å².